The fourth-order valence-electron chi connectivity index (χ4n) is 9.21. The highest BCUT2D eigenvalue weighted by molar-refractivity contribution is 8.00. The van der Waals surface area contributed by atoms with Gasteiger partial charge in [0.25, 0.3) is 0 Å². The number of nitrogens with one attached hydrogen (secondary N) is 1. The molecule has 1 saturated carbocycles. The van der Waals surface area contributed by atoms with E-state index < -0.39 is 11.9 Å². The van der Waals surface area contributed by atoms with E-state index >= 15 is 0 Å². The topological polar surface area (TPSA) is 163 Å². The number of hydrogen-bond acceptors (Lipinski definition) is 13. The molecule has 0 unspecified atom stereocenters. The van der Waals surface area contributed by atoms with Gasteiger partial charge in [-0.25, -0.2) is 4.79 Å². The summed E-state index contributed by atoms with van der Waals surface area (Å²) in [6, 6.07) is 20.6. The number of aliphatic hydroxyl groups excluding tert-OH is 2. The summed E-state index contributed by atoms with van der Waals surface area (Å²) in [5.41, 5.74) is 5.07. The number of rotatable bonds is 22. The van der Waals surface area contributed by atoms with E-state index in [1.165, 1.54) is 7.11 Å². The lowest BCUT2D eigenvalue weighted by Gasteiger charge is -2.58. The monoisotopic (exact) mass is 878 g/mol. The van der Waals surface area contributed by atoms with Gasteiger partial charge in [0, 0.05) is 62.2 Å². The highest BCUT2D eigenvalue weighted by atomic mass is 32.2. The van der Waals surface area contributed by atoms with Crippen LogP contribution in [0.15, 0.2) is 115 Å². The minimum atomic E-state index is -1.15. The van der Waals surface area contributed by atoms with E-state index in [0.29, 0.717) is 61.0 Å². The SMILES string of the molecule is C=CCO[C@@]12Oc3ccc(OC(=O)Nc4ccc(OC)cc4OC)cc3[C@H]3[C@H](CCCCO)[C@@H](CCCCO)C=C(C(=NOCc4ccccc4)C[C@@H]1SCCc1cnccn1)[C@H]32. The van der Waals surface area contributed by atoms with Gasteiger partial charge >= 0.3 is 6.09 Å². The Morgan fingerprint density at radius 1 is 1.00 bits per heavy atom. The zero-order chi connectivity index (χ0) is 44.0. The zero-order valence-electron chi connectivity index (χ0n) is 36.0. The summed E-state index contributed by atoms with van der Waals surface area (Å²) < 4.78 is 31.2. The van der Waals surface area contributed by atoms with Crippen molar-refractivity contribution >= 4 is 29.3 Å². The van der Waals surface area contributed by atoms with Crippen LogP contribution in [-0.2, 0) is 22.6 Å². The molecule has 0 saturated heterocycles. The van der Waals surface area contributed by atoms with Gasteiger partial charge in [0.15, 0.2) is 0 Å². The van der Waals surface area contributed by atoms with Gasteiger partial charge in [0.2, 0.25) is 5.79 Å². The van der Waals surface area contributed by atoms with Crippen LogP contribution in [0.1, 0.15) is 67.7 Å². The summed E-state index contributed by atoms with van der Waals surface area (Å²) in [4.78, 5) is 28.6. The number of amides is 1. The molecule has 63 heavy (non-hydrogen) atoms. The molecule has 1 amide bonds. The Labute approximate surface area is 373 Å². The number of hydrogen-bond donors (Lipinski definition) is 3. The van der Waals surface area contributed by atoms with E-state index in [9.17, 15) is 15.0 Å². The molecule has 2 heterocycles. The average Bonchev–Trinajstić information content (AvgIpc) is 3.31. The third-order valence-corrected chi connectivity index (χ3v) is 13.4. The van der Waals surface area contributed by atoms with Crippen molar-refractivity contribution in [3.8, 4) is 23.0 Å². The molecule has 2 aliphatic carbocycles. The molecule has 3 aliphatic rings. The molecule has 4 aromatic rings. The van der Waals surface area contributed by atoms with E-state index in [-0.39, 0.29) is 48.7 Å². The lowest BCUT2D eigenvalue weighted by atomic mass is 9.56. The van der Waals surface area contributed by atoms with Crippen molar-refractivity contribution in [1.82, 2.24) is 9.97 Å². The lowest BCUT2D eigenvalue weighted by Crippen LogP contribution is -2.64. The number of nitrogens with zero attached hydrogens (tertiary/aromatic N) is 3. The van der Waals surface area contributed by atoms with Gasteiger partial charge in [-0.15, -0.1) is 6.58 Å². The highest BCUT2D eigenvalue weighted by Gasteiger charge is 2.64. The Kier molecular flexibility index (Phi) is 16.1. The molecule has 1 aromatic heterocycles. The number of unbranched alkanes of at least 4 members (excludes halogenated alkanes) is 2. The van der Waals surface area contributed by atoms with Gasteiger partial charge in [-0.1, -0.05) is 60.5 Å². The maximum Gasteiger partial charge on any atom is 0.417 e. The molecule has 0 spiro atoms. The number of carbonyl (C=O) groups excluding carboxylic acids is 1. The molecule has 3 N–H and O–H groups in total. The minimum Gasteiger partial charge on any atom is -0.497 e. The normalized spacial score (nSPS) is 22.8. The third-order valence-electron chi connectivity index (χ3n) is 12.0. The summed E-state index contributed by atoms with van der Waals surface area (Å²) in [6.07, 6.45) is 14.4. The number of aliphatic hydroxyl groups is 2. The predicted molar refractivity (Wildman–Crippen MR) is 244 cm³/mol. The van der Waals surface area contributed by atoms with Gasteiger partial charge in [0.05, 0.1) is 49.1 Å². The van der Waals surface area contributed by atoms with Gasteiger partial charge in [0.1, 0.15) is 29.6 Å². The van der Waals surface area contributed by atoms with Crippen molar-refractivity contribution in [2.45, 2.75) is 74.9 Å². The van der Waals surface area contributed by atoms with Crippen LogP contribution in [0.25, 0.3) is 0 Å². The van der Waals surface area contributed by atoms with E-state index in [1.807, 2.05) is 42.5 Å². The standard InChI is InChI=1S/C49H58N4O9S/c1-4-25-59-49-45(63-26-20-35-31-50-21-22-51-35)30-42(53-60-32-33-12-6-5-7-13-33)39-27-34(14-8-10-23-54)38(15-9-11-24-55)46(47(39)49)40-28-37(17-19-43(40)62-49)61-48(56)52-41-18-16-36(57-2)29-44(41)58-3/h4-7,12-13,16-19,21-22,27-29,31,34,38,45-47,54-55H,1,8-11,14-15,20,23-26,30,32H2,2-3H3,(H,52,56)/t34-,38+,45-,46+,47+,49+/m0/s1. The van der Waals surface area contributed by atoms with Crippen LogP contribution in [0.5, 0.6) is 23.0 Å². The number of carbonyl (C=O) groups is 1. The second-order valence-corrected chi connectivity index (χ2v) is 17.2. The van der Waals surface area contributed by atoms with Gasteiger partial charge in [-0.05, 0) is 84.7 Å². The summed E-state index contributed by atoms with van der Waals surface area (Å²) in [5.74, 6) is 1.18. The minimum absolute atomic E-state index is 0.0702. The number of benzene rings is 3. The molecular formula is C49H58N4O9S. The maximum atomic E-state index is 13.5. The first-order valence-corrected chi connectivity index (χ1v) is 22.8. The van der Waals surface area contributed by atoms with Crippen molar-refractivity contribution in [2.24, 2.45) is 22.9 Å². The van der Waals surface area contributed by atoms with Crippen LogP contribution in [0.3, 0.4) is 0 Å². The first-order valence-electron chi connectivity index (χ1n) is 21.7. The summed E-state index contributed by atoms with van der Waals surface area (Å²) in [6.45, 7) is 4.80. The smallest absolute Gasteiger partial charge is 0.417 e. The molecule has 0 radical (unpaired) electrons. The fourth-order valence-corrected chi connectivity index (χ4v) is 10.6. The van der Waals surface area contributed by atoms with Gasteiger partial charge < -0.3 is 38.7 Å². The average molecular weight is 879 g/mol. The van der Waals surface area contributed by atoms with Crippen molar-refractivity contribution in [2.75, 3.05) is 45.1 Å². The highest BCUT2D eigenvalue weighted by Crippen LogP contribution is 2.62. The quantitative estimate of drug-likeness (QED) is 0.0391. The number of allylic oxidation sites excluding steroid dienone is 1. The van der Waals surface area contributed by atoms with E-state index in [0.717, 1.165) is 59.5 Å². The summed E-state index contributed by atoms with van der Waals surface area (Å²) in [5, 5.41) is 27.4. The predicted octanol–water partition coefficient (Wildman–Crippen LogP) is 8.91. The molecule has 1 aliphatic heterocycles. The number of methoxy groups -OCH3 is 2. The third kappa shape index (κ3) is 10.9. The van der Waals surface area contributed by atoms with Gasteiger partial charge in [-0.2, -0.15) is 11.8 Å². The van der Waals surface area contributed by atoms with Crippen molar-refractivity contribution in [3.63, 3.8) is 0 Å². The Balaban J connectivity index is 1.32. The lowest BCUT2D eigenvalue weighted by molar-refractivity contribution is -0.223. The Morgan fingerprint density at radius 2 is 1.81 bits per heavy atom. The number of fused-ring (bicyclic) bond motifs is 2. The summed E-state index contributed by atoms with van der Waals surface area (Å²) in [7, 11) is 3.08. The molecule has 334 valence electrons. The van der Waals surface area contributed by atoms with Gasteiger partial charge in [-0.3, -0.25) is 15.3 Å². The molecule has 13 nitrogen and oxygen atoms in total. The van der Waals surface area contributed by atoms with Crippen LogP contribution >= 0.6 is 11.8 Å². The van der Waals surface area contributed by atoms with Crippen LogP contribution in [0.4, 0.5) is 10.5 Å². The number of aryl methyl sites for hydroxylation is 1. The molecular weight excluding hydrogens is 821 g/mol. The number of oxime groups is 1. The van der Waals surface area contributed by atoms with Crippen LogP contribution in [0.2, 0.25) is 0 Å². The number of aromatic nitrogens is 2. The second-order valence-electron chi connectivity index (χ2n) is 15.9. The zero-order valence-corrected chi connectivity index (χ0v) is 36.8. The second kappa shape index (κ2) is 22.3. The fraction of sp³-hybridized carbons (Fsp3) is 0.429. The molecule has 7 rings (SSSR count). The van der Waals surface area contributed by atoms with Crippen LogP contribution in [-0.4, -0.2) is 82.8 Å². The van der Waals surface area contributed by atoms with Crippen molar-refractivity contribution in [3.05, 3.63) is 126 Å². The van der Waals surface area contributed by atoms with E-state index in [2.05, 4.69) is 27.9 Å². The number of thioether (sulfide) groups is 1. The number of ether oxygens (including phenoxy) is 5. The first kappa shape index (κ1) is 45.6. The molecule has 6 atom stereocenters. The van der Waals surface area contributed by atoms with E-state index in [4.69, 9.17) is 33.7 Å². The molecule has 1 fully saturated rings. The van der Waals surface area contributed by atoms with Crippen LogP contribution in [0, 0.1) is 17.8 Å². The first-order chi connectivity index (χ1) is 30.9. The van der Waals surface area contributed by atoms with E-state index in [1.54, 1.807) is 67.8 Å². The van der Waals surface area contributed by atoms with Crippen molar-refractivity contribution < 1.29 is 43.5 Å². The summed E-state index contributed by atoms with van der Waals surface area (Å²) >= 11 is 1.76. The molecule has 3 aromatic carbocycles. The Bertz CT molecular complexity index is 2190. The van der Waals surface area contributed by atoms with Crippen LogP contribution < -0.4 is 24.3 Å². The Hall–Kier alpha value is -5.41. The molecule has 14 heteroatoms. The Morgan fingerprint density at radius 3 is 2.56 bits per heavy atom. The molecule has 0 bridgehead atoms. The number of anilines is 1. The largest absolute Gasteiger partial charge is 0.497 e. The van der Waals surface area contributed by atoms with Crippen molar-refractivity contribution in [1.29, 1.82) is 0 Å². The maximum absolute atomic E-state index is 13.5.